The van der Waals surface area contributed by atoms with Crippen molar-refractivity contribution in [2.75, 3.05) is 23.7 Å². The highest BCUT2D eigenvalue weighted by Gasteiger charge is 2.36. The minimum absolute atomic E-state index is 0.372. The molecule has 0 bridgehead atoms. The smallest absolute Gasteiger partial charge is 0.250 e. The second kappa shape index (κ2) is 5.58. The molecule has 1 amide bonds. The largest absolute Gasteiger partial charge is 0.399 e. The number of nitrogen functional groups attached to an aromatic ring is 1. The zero-order valence-electron chi connectivity index (χ0n) is 12.6. The minimum Gasteiger partial charge on any atom is -0.399 e. The number of amides is 1. The summed E-state index contributed by atoms with van der Waals surface area (Å²) in [6, 6.07) is 5.38. The molecule has 1 heterocycles. The molecule has 0 atom stereocenters. The van der Waals surface area contributed by atoms with Gasteiger partial charge in [0.2, 0.25) is 0 Å². The fourth-order valence-corrected chi connectivity index (χ4v) is 4.04. The summed E-state index contributed by atoms with van der Waals surface area (Å²) in [5, 5.41) is 0. The first kappa shape index (κ1) is 14.2. The molecule has 1 aliphatic carbocycles. The quantitative estimate of drug-likeness (QED) is 0.821. The molecule has 2 fully saturated rings. The number of anilines is 2. The third kappa shape index (κ3) is 2.85. The Labute approximate surface area is 126 Å². The molecule has 1 aliphatic heterocycles. The van der Waals surface area contributed by atoms with Gasteiger partial charge < -0.3 is 16.4 Å². The summed E-state index contributed by atoms with van der Waals surface area (Å²) in [6.07, 6.45) is 9.35. The number of nitrogens with zero attached hydrogens (tertiary/aromatic N) is 1. The summed E-state index contributed by atoms with van der Waals surface area (Å²) < 4.78 is 0. The van der Waals surface area contributed by atoms with Gasteiger partial charge in [0.25, 0.3) is 5.91 Å². The Bertz CT molecular complexity index is 525. The maximum absolute atomic E-state index is 11.6. The molecule has 0 radical (unpaired) electrons. The van der Waals surface area contributed by atoms with Gasteiger partial charge in [0.15, 0.2) is 0 Å². The Kier molecular flexibility index (Phi) is 3.79. The number of rotatable bonds is 2. The topological polar surface area (TPSA) is 72.3 Å². The highest BCUT2D eigenvalue weighted by molar-refractivity contribution is 5.99. The predicted octanol–water partition coefficient (Wildman–Crippen LogP) is 2.92. The molecule has 1 saturated heterocycles. The second-order valence-corrected chi connectivity index (χ2v) is 6.69. The summed E-state index contributed by atoms with van der Waals surface area (Å²) >= 11 is 0. The number of carbonyl (C=O) groups is 1. The van der Waals surface area contributed by atoms with Crippen molar-refractivity contribution in [3.8, 4) is 0 Å². The van der Waals surface area contributed by atoms with Gasteiger partial charge in [-0.05, 0) is 49.3 Å². The lowest BCUT2D eigenvalue weighted by Gasteiger charge is -2.45. The van der Waals surface area contributed by atoms with Crippen LogP contribution in [-0.2, 0) is 0 Å². The maximum atomic E-state index is 11.6. The predicted molar refractivity (Wildman–Crippen MR) is 86.3 cm³/mol. The lowest BCUT2D eigenvalue weighted by atomic mass is 9.68. The highest BCUT2D eigenvalue weighted by Crippen LogP contribution is 2.45. The van der Waals surface area contributed by atoms with Gasteiger partial charge in [-0.3, -0.25) is 4.79 Å². The van der Waals surface area contributed by atoms with E-state index in [1.54, 1.807) is 12.1 Å². The number of piperidine rings is 1. The number of nitrogens with two attached hydrogens (primary N) is 2. The normalized spacial score (nSPS) is 21.4. The van der Waals surface area contributed by atoms with Crippen molar-refractivity contribution in [2.45, 2.75) is 44.9 Å². The number of carbonyl (C=O) groups excluding carboxylic acids is 1. The van der Waals surface area contributed by atoms with Gasteiger partial charge in [-0.15, -0.1) is 0 Å². The van der Waals surface area contributed by atoms with E-state index in [4.69, 9.17) is 11.5 Å². The standard InChI is InChI=1S/C17H25N3O/c18-13-4-5-14(16(19)21)15(12-13)20-10-8-17(9-11-20)6-2-1-3-7-17/h4-5,12H,1-3,6-11,18H2,(H2,19,21). The fraction of sp³-hybridized carbons (Fsp3) is 0.588. The first-order valence-corrected chi connectivity index (χ1v) is 8.04. The average Bonchev–Trinajstić information content (AvgIpc) is 2.48. The molecular weight excluding hydrogens is 262 g/mol. The van der Waals surface area contributed by atoms with E-state index in [-0.39, 0.29) is 5.91 Å². The van der Waals surface area contributed by atoms with Crippen LogP contribution in [0.15, 0.2) is 18.2 Å². The molecule has 1 saturated carbocycles. The van der Waals surface area contributed by atoms with Gasteiger partial charge in [0, 0.05) is 18.8 Å². The van der Waals surface area contributed by atoms with Crippen LogP contribution in [0.3, 0.4) is 0 Å². The molecule has 114 valence electrons. The number of hydrogen-bond donors (Lipinski definition) is 2. The lowest BCUT2D eigenvalue weighted by Crippen LogP contribution is -2.41. The van der Waals surface area contributed by atoms with Crippen molar-refractivity contribution in [3.05, 3.63) is 23.8 Å². The number of primary amides is 1. The minimum atomic E-state index is -0.372. The van der Waals surface area contributed by atoms with Gasteiger partial charge in [-0.2, -0.15) is 0 Å². The molecule has 4 nitrogen and oxygen atoms in total. The molecule has 1 aromatic carbocycles. The van der Waals surface area contributed by atoms with Crippen molar-refractivity contribution in [1.82, 2.24) is 0 Å². The molecule has 0 aromatic heterocycles. The van der Waals surface area contributed by atoms with E-state index in [0.717, 1.165) is 18.8 Å². The zero-order valence-corrected chi connectivity index (χ0v) is 12.6. The Balaban J connectivity index is 1.77. The Hall–Kier alpha value is -1.71. The molecule has 1 aromatic rings. The van der Waals surface area contributed by atoms with Gasteiger partial charge in [-0.25, -0.2) is 0 Å². The van der Waals surface area contributed by atoms with E-state index in [0.29, 0.717) is 16.7 Å². The van der Waals surface area contributed by atoms with Gasteiger partial charge in [-0.1, -0.05) is 19.3 Å². The van der Waals surface area contributed by atoms with Crippen LogP contribution < -0.4 is 16.4 Å². The van der Waals surface area contributed by atoms with E-state index in [1.165, 1.54) is 44.9 Å². The van der Waals surface area contributed by atoms with Gasteiger partial charge in [0.05, 0.1) is 11.3 Å². The molecule has 0 unspecified atom stereocenters. The van der Waals surface area contributed by atoms with Gasteiger partial charge >= 0.3 is 0 Å². The van der Waals surface area contributed by atoms with Crippen LogP contribution in [0.5, 0.6) is 0 Å². The van der Waals surface area contributed by atoms with Crippen molar-refractivity contribution < 1.29 is 4.79 Å². The van der Waals surface area contributed by atoms with E-state index in [2.05, 4.69) is 4.90 Å². The summed E-state index contributed by atoms with van der Waals surface area (Å²) in [7, 11) is 0. The second-order valence-electron chi connectivity index (χ2n) is 6.69. The van der Waals surface area contributed by atoms with Crippen molar-refractivity contribution >= 4 is 17.3 Å². The third-order valence-electron chi connectivity index (χ3n) is 5.37. The summed E-state index contributed by atoms with van der Waals surface area (Å²) in [5.41, 5.74) is 14.1. The fourth-order valence-electron chi connectivity index (χ4n) is 4.04. The molecule has 3 rings (SSSR count). The van der Waals surface area contributed by atoms with Crippen LogP contribution in [0.2, 0.25) is 0 Å². The lowest BCUT2D eigenvalue weighted by molar-refractivity contribution is 0.100. The van der Waals surface area contributed by atoms with Crippen molar-refractivity contribution in [2.24, 2.45) is 11.1 Å². The molecule has 4 heteroatoms. The van der Waals surface area contributed by atoms with E-state index < -0.39 is 0 Å². The summed E-state index contributed by atoms with van der Waals surface area (Å²) in [4.78, 5) is 13.9. The summed E-state index contributed by atoms with van der Waals surface area (Å²) in [6.45, 7) is 2.01. The number of hydrogen-bond acceptors (Lipinski definition) is 3. The maximum Gasteiger partial charge on any atom is 0.250 e. The third-order valence-corrected chi connectivity index (χ3v) is 5.37. The van der Waals surface area contributed by atoms with Crippen LogP contribution in [0.1, 0.15) is 55.3 Å². The Morgan fingerprint density at radius 2 is 1.71 bits per heavy atom. The van der Waals surface area contributed by atoms with Crippen molar-refractivity contribution in [3.63, 3.8) is 0 Å². The monoisotopic (exact) mass is 287 g/mol. The summed E-state index contributed by atoms with van der Waals surface area (Å²) in [5.74, 6) is -0.372. The molecule has 1 spiro atoms. The van der Waals surface area contributed by atoms with E-state index in [9.17, 15) is 4.79 Å². The Morgan fingerprint density at radius 1 is 1.05 bits per heavy atom. The molecule has 2 aliphatic rings. The zero-order chi connectivity index (χ0) is 14.9. The van der Waals surface area contributed by atoms with Crippen LogP contribution in [0.4, 0.5) is 11.4 Å². The van der Waals surface area contributed by atoms with Crippen LogP contribution >= 0.6 is 0 Å². The molecule has 4 N–H and O–H groups in total. The molecular formula is C17H25N3O. The number of benzene rings is 1. The van der Waals surface area contributed by atoms with Crippen LogP contribution in [0.25, 0.3) is 0 Å². The first-order chi connectivity index (χ1) is 10.1. The molecule has 21 heavy (non-hydrogen) atoms. The Morgan fingerprint density at radius 3 is 2.33 bits per heavy atom. The van der Waals surface area contributed by atoms with Crippen molar-refractivity contribution in [1.29, 1.82) is 0 Å². The first-order valence-electron chi connectivity index (χ1n) is 8.04. The van der Waals surface area contributed by atoms with E-state index >= 15 is 0 Å². The highest BCUT2D eigenvalue weighted by atomic mass is 16.1. The van der Waals surface area contributed by atoms with Gasteiger partial charge in [0.1, 0.15) is 0 Å². The van der Waals surface area contributed by atoms with Crippen LogP contribution in [-0.4, -0.2) is 19.0 Å². The SMILES string of the molecule is NC(=O)c1ccc(N)cc1N1CCC2(CCCCC2)CC1. The average molecular weight is 287 g/mol. The van der Waals surface area contributed by atoms with Crippen LogP contribution in [0, 0.1) is 5.41 Å². The van der Waals surface area contributed by atoms with E-state index in [1.807, 2.05) is 6.07 Å².